The van der Waals surface area contributed by atoms with Crippen LogP contribution >= 0.6 is 0 Å². The molecule has 1 heterocycles. The number of pyridine rings is 1. The third-order valence-electron chi connectivity index (χ3n) is 7.28. The van der Waals surface area contributed by atoms with E-state index < -0.39 is 0 Å². The van der Waals surface area contributed by atoms with Crippen molar-refractivity contribution >= 4 is 17.5 Å². The Balaban J connectivity index is 1.31. The summed E-state index contributed by atoms with van der Waals surface area (Å²) in [6.07, 6.45) is 5.06. The van der Waals surface area contributed by atoms with Crippen LogP contribution in [-0.4, -0.2) is 23.1 Å². The topological polar surface area (TPSA) is 105 Å². The Morgan fingerprint density at radius 2 is 1.57 bits per heavy atom. The average Bonchev–Trinajstić information content (AvgIpc) is 3.02. The third-order valence-corrected chi connectivity index (χ3v) is 7.28. The number of hydrogen-bond donors (Lipinski definition) is 2. The molecular weight excluding hydrogens is 496 g/mol. The highest BCUT2D eigenvalue weighted by molar-refractivity contribution is 5.93. The first-order valence-corrected chi connectivity index (χ1v) is 13.5. The maximum atomic E-state index is 13.6. The quantitative estimate of drug-likeness (QED) is 0.281. The molecule has 1 aromatic heterocycles. The van der Waals surface area contributed by atoms with E-state index in [1.807, 2.05) is 83.8 Å². The van der Waals surface area contributed by atoms with Gasteiger partial charge in [0.2, 0.25) is 0 Å². The zero-order valence-corrected chi connectivity index (χ0v) is 22.1. The molecule has 1 saturated carbocycles. The van der Waals surface area contributed by atoms with Crippen LogP contribution in [0.1, 0.15) is 42.4 Å². The van der Waals surface area contributed by atoms with Gasteiger partial charge in [-0.1, -0.05) is 54.6 Å². The van der Waals surface area contributed by atoms with E-state index in [1.54, 1.807) is 18.3 Å². The molecule has 0 spiro atoms. The predicted molar refractivity (Wildman–Crippen MR) is 156 cm³/mol. The second kappa shape index (κ2) is 12.6. The van der Waals surface area contributed by atoms with E-state index in [2.05, 4.69) is 27.8 Å². The van der Waals surface area contributed by atoms with Crippen molar-refractivity contribution in [1.29, 1.82) is 10.5 Å². The highest BCUT2D eigenvalue weighted by Gasteiger charge is 2.30. The lowest BCUT2D eigenvalue weighted by Crippen LogP contribution is -2.48. The number of hydrogen-bond acceptors (Lipinski definition) is 5. The number of rotatable bonds is 7. The van der Waals surface area contributed by atoms with Crippen molar-refractivity contribution in [3.63, 3.8) is 0 Å². The zero-order chi connectivity index (χ0) is 27.7. The molecule has 5 rings (SSSR count). The van der Waals surface area contributed by atoms with E-state index in [0.717, 1.165) is 53.9 Å². The summed E-state index contributed by atoms with van der Waals surface area (Å²) >= 11 is 0. The molecule has 40 heavy (non-hydrogen) atoms. The number of carbonyl (C=O) groups excluding carboxylic acids is 1. The molecule has 7 nitrogen and oxygen atoms in total. The minimum atomic E-state index is -0.117. The van der Waals surface area contributed by atoms with Crippen molar-refractivity contribution < 1.29 is 4.79 Å². The Labute approximate surface area is 234 Å². The summed E-state index contributed by atoms with van der Waals surface area (Å²) in [7, 11) is 0. The average molecular weight is 527 g/mol. The van der Waals surface area contributed by atoms with Gasteiger partial charge in [0.1, 0.15) is 11.9 Å². The van der Waals surface area contributed by atoms with Crippen molar-refractivity contribution in [2.75, 3.05) is 10.2 Å². The van der Waals surface area contributed by atoms with Crippen LogP contribution in [0, 0.1) is 22.7 Å². The molecule has 1 fully saturated rings. The van der Waals surface area contributed by atoms with Crippen LogP contribution in [0.5, 0.6) is 0 Å². The van der Waals surface area contributed by atoms with E-state index in [4.69, 9.17) is 5.26 Å². The van der Waals surface area contributed by atoms with E-state index in [1.165, 1.54) is 0 Å². The normalized spacial score (nSPS) is 16.2. The molecule has 0 saturated heterocycles. The highest BCUT2D eigenvalue weighted by Crippen LogP contribution is 2.31. The van der Waals surface area contributed by atoms with Crippen LogP contribution < -0.4 is 15.5 Å². The van der Waals surface area contributed by atoms with Crippen molar-refractivity contribution in [3.8, 4) is 23.3 Å². The third kappa shape index (κ3) is 6.46. The summed E-state index contributed by atoms with van der Waals surface area (Å²) in [4.78, 5) is 19.9. The molecule has 1 aliphatic carbocycles. The lowest BCUT2D eigenvalue weighted by Gasteiger charge is -2.37. The fraction of sp³-hybridized carbons (Fsp3) is 0.212. The van der Waals surface area contributed by atoms with Gasteiger partial charge >= 0.3 is 6.03 Å². The van der Waals surface area contributed by atoms with Gasteiger partial charge in [-0.2, -0.15) is 10.5 Å². The molecule has 3 aromatic carbocycles. The Morgan fingerprint density at radius 3 is 2.25 bits per heavy atom. The summed E-state index contributed by atoms with van der Waals surface area (Å²) in [5, 5.41) is 24.9. The van der Waals surface area contributed by atoms with Gasteiger partial charge in [0.25, 0.3) is 0 Å². The summed E-state index contributed by atoms with van der Waals surface area (Å²) in [5.41, 5.74) is 5.00. The molecule has 4 aromatic rings. The molecule has 1 aliphatic rings. The van der Waals surface area contributed by atoms with E-state index in [0.29, 0.717) is 17.7 Å². The Hall–Kier alpha value is -5.14. The zero-order valence-electron chi connectivity index (χ0n) is 22.1. The van der Waals surface area contributed by atoms with Crippen LogP contribution in [0.25, 0.3) is 11.1 Å². The molecule has 0 atom stereocenters. The van der Waals surface area contributed by atoms with Crippen LogP contribution in [0.3, 0.4) is 0 Å². The van der Waals surface area contributed by atoms with Gasteiger partial charge < -0.3 is 10.6 Å². The molecule has 2 N–H and O–H groups in total. The SMILES string of the molecule is N#Cc1ccc(N[C@H]2CC[C@H](N(C(=O)NCc3ccccc3)c3ccc(-c4cccc(C#N)c4)cc3)CC2)nc1. The molecular formula is C33H30N6O. The molecule has 0 bridgehead atoms. The molecule has 2 amide bonds. The van der Waals surface area contributed by atoms with E-state index >= 15 is 0 Å². The number of nitrogens with zero attached hydrogens (tertiary/aromatic N) is 4. The molecule has 198 valence electrons. The second-order valence-electron chi connectivity index (χ2n) is 9.95. The van der Waals surface area contributed by atoms with Gasteiger partial charge in [-0.15, -0.1) is 0 Å². The van der Waals surface area contributed by atoms with Crippen molar-refractivity contribution in [2.24, 2.45) is 0 Å². The first-order chi connectivity index (χ1) is 19.6. The van der Waals surface area contributed by atoms with Gasteiger partial charge in [0, 0.05) is 30.5 Å². The smallest absolute Gasteiger partial charge is 0.322 e. The summed E-state index contributed by atoms with van der Waals surface area (Å²) in [5.74, 6) is 0.760. The number of carbonyl (C=O) groups is 1. The Kier molecular flexibility index (Phi) is 8.34. The summed E-state index contributed by atoms with van der Waals surface area (Å²) in [6.45, 7) is 0.455. The van der Waals surface area contributed by atoms with Gasteiger partial charge in [-0.25, -0.2) is 9.78 Å². The van der Waals surface area contributed by atoms with Crippen LogP contribution in [-0.2, 0) is 6.54 Å². The summed E-state index contributed by atoms with van der Waals surface area (Å²) < 4.78 is 0. The van der Waals surface area contributed by atoms with Gasteiger partial charge in [-0.3, -0.25) is 4.90 Å². The molecule has 7 heteroatoms. The van der Waals surface area contributed by atoms with Gasteiger partial charge in [-0.05, 0) is 78.8 Å². The van der Waals surface area contributed by atoms with Crippen LogP contribution in [0.4, 0.5) is 16.3 Å². The number of nitrogens with one attached hydrogen (secondary N) is 2. The van der Waals surface area contributed by atoms with E-state index in [9.17, 15) is 10.1 Å². The highest BCUT2D eigenvalue weighted by atomic mass is 16.2. The van der Waals surface area contributed by atoms with Crippen molar-refractivity contribution in [3.05, 3.63) is 114 Å². The molecule has 0 radical (unpaired) electrons. The maximum Gasteiger partial charge on any atom is 0.322 e. The second-order valence-corrected chi connectivity index (χ2v) is 9.95. The summed E-state index contributed by atoms with van der Waals surface area (Å²) in [6, 6.07) is 33.5. The number of anilines is 2. The number of amides is 2. The fourth-order valence-corrected chi connectivity index (χ4v) is 5.17. The largest absolute Gasteiger partial charge is 0.367 e. The maximum absolute atomic E-state index is 13.6. The lowest BCUT2D eigenvalue weighted by molar-refractivity contribution is 0.240. The van der Waals surface area contributed by atoms with Crippen molar-refractivity contribution in [2.45, 2.75) is 44.3 Å². The minimum absolute atomic E-state index is 0.0514. The predicted octanol–water partition coefficient (Wildman–Crippen LogP) is 6.63. The number of benzene rings is 3. The number of aromatic nitrogens is 1. The Bertz CT molecular complexity index is 1510. The number of nitriles is 2. The van der Waals surface area contributed by atoms with Gasteiger partial charge in [0.05, 0.1) is 17.2 Å². The molecule has 0 unspecified atom stereocenters. The van der Waals surface area contributed by atoms with Crippen molar-refractivity contribution in [1.82, 2.24) is 10.3 Å². The van der Waals surface area contributed by atoms with Crippen LogP contribution in [0.15, 0.2) is 97.2 Å². The standard InChI is InChI=1S/C33H30N6O/c34-20-25-7-4-8-28(19-25)27-10-14-30(15-11-27)39(33(40)37-22-24-5-2-1-3-6-24)31-16-12-29(13-17-31)38-32-18-9-26(21-35)23-36-32/h1-11,14-15,18-19,23,29,31H,12-13,16-17,22H2,(H,36,38)(H,37,40)/t29-,31-. The Morgan fingerprint density at radius 1 is 0.825 bits per heavy atom. The lowest BCUT2D eigenvalue weighted by atomic mass is 9.89. The first-order valence-electron chi connectivity index (χ1n) is 13.5. The van der Waals surface area contributed by atoms with E-state index in [-0.39, 0.29) is 18.1 Å². The number of urea groups is 1. The fourth-order valence-electron chi connectivity index (χ4n) is 5.17. The van der Waals surface area contributed by atoms with Crippen LogP contribution in [0.2, 0.25) is 0 Å². The van der Waals surface area contributed by atoms with Gasteiger partial charge in [0.15, 0.2) is 0 Å². The first kappa shape index (κ1) is 26.5. The monoisotopic (exact) mass is 526 g/mol. The molecule has 0 aliphatic heterocycles. The minimum Gasteiger partial charge on any atom is -0.367 e.